The predicted molar refractivity (Wildman–Crippen MR) is 60.3 cm³/mol. The van der Waals surface area contributed by atoms with Crippen LogP contribution in [-0.4, -0.2) is 34.8 Å². The molecule has 0 aromatic carbocycles. The second kappa shape index (κ2) is 4.24. The zero-order valence-electron chi connectivity index (χ0n) is 9.69. The summed E-state index contributed by atoms with van der Waals surface area (Å²) in [5.41, 5.74) is 0. The van der Waals surface area contributed by atoms with Crippen molar-refractivity contribution in [1.29, 1.82) is 0 Å². The van der Waals surface area contributed by atoms with Gasteiger partial charge in [-0.25, -0.2) is 0 Å². The second-order valence-electron chi connectivity index (χ2n) is 4.01. The van der Waals surface area contributed by atoms with Gasteiger partial charge in [0.2, 0.25) is 0 Å². The third-order valence-electron chi connectivity index (χ3n) is 2.91. The van der Waals surface area contributed by atoms with Gasteiger partial charge < -0.3 is 0 Å². The van der Waals surface area contributed by atoms with E-state index in [1.54, 1.807) is 20.8 Å². The van der Waals surface area contributed by atoms with E-state index in [0.29, 0.717) is 6.42 Å². The van der Waals surface area contributed by atoms with E-state index >= 15 is 0 Å². The van der Waals surface area contributed by atoms with Gasteiger partial charge in [0.1, 0.15) is 0 Å². The first kappa shape index (κ1) is 13.3. The topological polar surface area (TPSA) is 71.0 Å². The summed E-state index contributed by atoms with van der Waals surface area (Å²) in [5, 5.41) is 2.23. The van der Waals surface area contributed by atoms with E-state index in [2.05, 4.69) is 5.32 Å². The number of nitrogens with one attached hydrogen (secondary N) is 1. The molecule has 0 radical (unpaired) electrons. The molecule has 15 heavy (non-hydrogen) atoms. The van der Waals surface area contributed by atoms with Crippen molar-refractivity contribution < 1.29 is 18.8 Å². The van der Waals surface area contributed by atoms with E-state index in [4.69, 9.17) is 9.05 Å². The molecule has 0 spiro atoms. The molecule has 3 N–H and O–H groups in total. The van der Waals surface area contributed by atoms with Crippen molar-refractivity contribution in [2.45, 2.75) is 38.9 Å². The van der Waals surface area contributed by atoms with Gasteiger partial charge in [0.05, 0.1) is 0 Å². The Kier molecular flexibility index (Phi) is 3.76. The first-order valence-electron chi connectivity index (χ1n) is 5.44. The Bertz CT molecular complexity index is 218. The summed E-state index contributed by atoms with van der Waals surface area (Å²) < 4.78 is 10.4. The van der Waals surface area contributed by atoms with Gasteiger partial charge in [0.15, 0.2) is 0 Å². The Morgan fingerprint density at radius 2 is 1.80 bits per heavy atom. The molecular weight excluding hydrogens is 217 g/mol. The van der Waals surface area contributed by atoms with E-state index in [1.165, 1.54) is 0 Å². The monoisotopic (exact) mass is 239 g/mol. The van der Waals surface area contributed by atoms with Crippen LogP contribution >= 0.6 is 7.51 Å². The maximum absolute atomic E-state index is 10.4. The molecule has 0 aromatic heterocycles. The van der Waals surface area contributed by atoms with Gasteiger partial charge in [-0.1, -0.05) is 0 Å². The van der Waals surface area contributed by atoms with Crippen LogP contribution in [0, 0.1) is 0 Å². The Morgan fingerprint density at radius 3 is 2.13 bits per heavy atom. The van der Waals surface area contributed by atoms with E-state index in [9.17, 15) is 9.79 Å². The molecule has 0 saturated carbocycles. The SMILES string of the molecule is CCOP(O)(O)(OCC)[C@]1(C)CCCN1. The van der Waals surface area contributed by atoms with Crippen molar-refractivity contribution in [1.82, 2.24) is 5.32 Å². The Hall–Kier alpha value is 0.230. The first-order chi connectivity index (χ1) is 6.87. The molecule has 0 bridgehead atoms. The second-order valence-corrected chi connectivity index (χ2v) is 7.26. The number of rotatable bonds is 5. The van der Waals surface area contributed by atoms with Crippen LogP contribution in [0.3, 0.4) is 0 Å². The van der Waals surface area contributed by atoms with Crippen LogP contribution in [0.5, 0.6) is 0 Å². The van der Waals surface area contributed by atoms with E-state index in [1.807, 2.05) is 0 Å². The molecule has 6 heteroatoms. The van der Waals surface area contributed by atoms with Gasteiger partial charge in [-0.05, 0) is 0 Å². The van der Waals surface area contributed by atoms with Crippen LogP contribution in [-0.2, 0) is 9.05 Å². The first-order valence-corrected chi connectivity index (χ1v) is 7.41. The summed E-state index contributed by atoms with van der Waals surface area (Å²) in [6.07, 6.45) is 1.55. The molecule has 1 fully saturated rings. The number of hydrogen-bond acceptors (Lipinski definition) is 5. The van der Waals surface area contributed by atoms with Crippen LogP contribution < -0.4 is 5.32 Å². The molecule has 5 nitrogen and oxygen atoms in total. The van der Waals surface area contributed by atoms with Crippen LogP contribution in [0.15, 0.2) is 0 Å². The Labute approximate surface area is 91.0 Å². The summed E-state index contributed by atoms with van der Waals surface area (Å²) in [6, 6.07) is 0. The summed E-state index contributed by atoms with van der Waals surface area (Å²) >= 11 is 0. The molecule has 0 unspecified atom stereocenters. The molecule has 0 aliphatic carbocycles. The van der Waals surface area contributed by atoms with Gasteiger partial charge in [0.25, 0.3) is 0 Å². The molecule has 0 aromatic rings. The minimum absolute atomic E-state index is 0.224. The summed E-state index contributed by atoms with van der Waals surface area (Å²) in [6.45, 7) is 6.42. The van der Waals surface area contributed by atoms with Gasteiger partial charge in [-0.2, -0.15) is 0 Å². The molecule has 1 atom stereocenters. The molecule has 0 amide bonds. The van der Waals surface area contributed by atoms with E-state index < -0.39 is 12.8 Å². The van der Waals surface area contributed by atoms with Crippen LogP contribution in [0.4, 0.5) is 0 Å². The summed E-state index contributed by atoms with van der Waals surface area (Å²) in [7, 11) is -4.53. The standard InChI is InChI=1S/C9H22NO4P/c1-4-13-15(11,12,14-5-2)9(3)7-6-8-10-9/h10-12H,4-8H2,1-3H3/t9-/m1/s1. The van der Waals surface area contributed by atoms with E-state index in [-0.39, 0.29) is 13.2 Å². The third kappa shape index (κ3) is 2.18. The number of hydrogen-bond donors (Lipinski definition) is 3. The van der Waals surface area contributed by atoms with Gasteiger partial charge in [-0.3, -0.25) is 0 Å². The average Bonchev–Trinajstić information content (AvgIpc) is 2.54. The maximum atomic E-state index is 10.4. The molecule has 1 heterocycles. The average molecular weight is 239 g/mol. The van der Waals surface area contributed by atoms with Gasteiger partial charge in [-0.15, -0.1) is 0 Å². The van der Waals surface area contributed by atoms with Crippen LogP contribution in [0.1, 0.15) is 33.6 Å². The molecular formula is C9H22NO4P. The molecule has 1 rings (SSSR count). The Balaban J connectivity index is 2.98. The third-order valence-corrected chi connectivity index (χ3v) is 6.43. The van der Waals surface area contributed by atoms with Crippen molar-refractivity contribution in [2.24, 2.45) is 0 Å². The Morgan fingerprint density at radius 1 is 1.27 bits per heavy atom. The quantitative estimate of drug-likeness (QED) is 0.632. The van der Waals surface area contributed by atoms with Gasteiger partial charge in [0, 0.05) is 0 Å². The molecule has 1 saturated heterocycles. The zero-order chi connectivity index (χ0) is 11.6. The van der Waals surface area contributed by atoms with Crippen LogP contribution in [0.2, 0.25) is 0 Å². The zero-order valence-corrected chi connectivity index (χ0v) is 10.6. The normalized spacial score (nSPS) is 30.1. The fourth-order valence-electron chi connectivity index (χ4n) is 1.99. The van der Waals surface area contributed by atoms with Crippen molar-refractivity contribution in [3.63, 3.8) is 0 Å². The fraction of sp³-hybridized carbons (Fsp3) is 1.00. The van der Waals surface area contributed by atoms with Crippen LogP contribution in [0.25, 0.3) is 0 Å². The van der Waals surface area contributed by atoms with E-state index in [0.717, 1.165) is 13.0 Å². The van der Waals surface area contributed by atoms with Crippen molar-refractivity contribution in [2.75, 3.05) is 19.8 Å². The summed E-state index contributed by atoms with van der Waals surface area (Å²) in [5.74, 6) is 0. The summed E-state index contributed by atoms with van der Waals surface area (Å²) in [4.78, 5) is 20.8. The fourth-order valence-corrected chi connectivity index (χ4v) is 4.49. The minimum atomic E-state index is -4.53. The van der Waals surface area contributed by atoms with Crippen molar-refractivity contribution in [3.8, 4) is 0 Å². The molecule has 1 aliphatic heterocycles. The van der Waals surface area contributed by atoms with Crippen molar-refractivity contribution >= 4 is 7.51 Å². The molecule has 92 valence electrons. The predicted octanol–water partition coefficient (Wildman–Crippen LogP) is 1.36. The van der Waals surface area contributed by atoms with Crippen molar-refractivity contribution in [3.05, 3.63) is 0 Å². The van der Waals surface area contributed by atoms with Gasteiger partial charge >= 0.3 is 90.3 Å². The molecule has 1 aliphatic rings.